The predicted molar refractivity (Wildman–Crippen MR) is 63.7 cm³/mol. The second-order valence-electron chi connectivity index (χ2n) is 3.82. The van der Waals surface area contributed by atoms with E-state index < -0.39 is 5.97 Å². The zero-order valence-corrected chi connectivity index (χ0v) is 10.2. The summed E-state index contributed by atoms with van der Waals surface area (Å²) in [5.41, 5.74) is 1.00. The number of pyridine rings is 1. The van der Waals surface area contributed by atoms with Crippen molar-refractivity contribution in [3.63, 3.8) is 0 Å². The first-order valence-corrected chi connectivity index (χ1v) is 5.50. The Morgan fingerprint density at radius 2 is 2.41 bits per heavy atom. The van der Waals surface area contributed by atoms with Crippen molar-refractivity contribution in [3.05, 3.63) is 30.1 Å². The molecule has 1 aromatic rings. The fraction of sp³-hybridized carbons (Fsp3) is 0.500. The number of carbonyl (C=O) groups is 1. The van der Waals surface area contributed by atoms with E-state index in [0.717, 1.165) is 5.56 Å². The van der Waals surface area contributed by atoms with Crippen molar-refractivity contribution >= 4 is 5.97 Å². The topological polar surface area (TPSA) is 62.7 Å². The number of ether oxygens (including phenoxy) is 1. The fourth-order valence-corrected chi connectivity index (χ4v) is 1.63. The largest absolute Gasteiger partial charge is 0.480 e. The molecule has 94 valence electrons. The van der Waals surface area contributed by atoms with Gasteiger partial charge in [-0.1, -0.05) is 6.07 Å². The molecule has 0 bridgehead atoms. The third kappa shape index (κ3) is 4.50. The summed E-state index contributed by atoms with van der Waals surface area (Å²) in [5.74, 6) is -0.836. The zero-order chi connectivity index (χ0) is 12.7. The maximum atomic E-state index is 10.8. The van der Waals surface area contributed by atoms with Crippen LogP contribution in [0.25, 0.3) is 0 Å². The molecule has 1 rings (SSSR count). The normalized spacial score (nSPS) is 12.6. The lowest BCUT2D eigenvalue weighted by Gasteiger charge is -2.27. The van der Waals surface area contributed by atoms with Gasteiger partial charge < -0.3 is 9.84 Å². The molecular weight excluding hydrogens is 220 g/mol. The number of hydrogen-bond acceptors (Lipinski definition) is 4. The lowest BCUT2D eigenvalue weighted by molar-refractivity contribution is -0.139. The number of aromatic nitrogens is 1. The van der Waals surface area contributed by atoms with Crippen LogP contribution in [0.5, 0.6) is 0 Å². The van der Waals surface area contributed by atoms with Gasteiger partial charge in [0.2, 0.25) is 0 Å². The third-order valence-electron chi connectivity index (χ3n) is 2.64. The van der Waals surface area contributed by atoms with Gasteiger partial charge >= 0.3 is 5.97 Å². The van der Waals surface area contributed by atoms with Crippen LogP contribution in [0.3, 0.4) is 0 Å². The average molecular weight is 238 g/mol. The van der Waals surface area contributed by atoms with Gasteiger partial charge in [0.1, 0.15) is 0 Å². The second-order valence-corrected chi connectivity index (χ2v) is 3.82. The van der Waals surface area contributed by atoms with Crippen LogP contribution in [0.4, 0.5) is 0 Å². The fourth-order valence-electron chi connectivity index (χ4n) is 1.63. The molecule has 1 unspecified atom stereocenters. The number of methoxy groups -OCH3 is 1. The molecule has 0 fully saturated rings. The SMILES string of the molecule is COCCN(CC(=O)O)C(C)c1cccnc1. The minimum Gasteiger partial charge on any atom is -0.480 e. The van der Waals surface area contributed by atoms with Crippen molar-refractivity contribution in [3.8, 4) is 0 Å². The van der Waals surface area contributed by atoms with E-state index in [1.807, 2.05) is 24.0 Å². The number of rotatable bonds is 7. The Morgan fingerprint density at radius 3 is 2.94 bits per heavy atom. The second kappa shape index (κ2) is 6.98. The van der Waals surface area contributed by atoms with Crippen LogP contribution in [0.1, 0.15) is 18.5 Å². The Morgan fingerprint density at radius 1 is 1.65 bits per heavy atom. The van der Waals surface area contributed by atoms with Crippen molar-refractivity contribution in [2.24, 2.45) is 0 Å². The number of carboxylic acid groups (broad SMARTS) is 1. The smallest absolute Gasteiger partial charge is 0.317 e. The molecule has 0 saturated heterocycles. The molecule has 17 heavy (non-hydrogen) atoms. The standard InChI is InChI=1S/C12H18N2O3/c1-10(11-4-3-5-13-8-11)14(6-7-17-2)9-12(15)16/h3-5,8,10H,6-7,9H2,1-2H3,(H,15,16). The summed E-state index contributed by atoms with van der Waals surface area (Å²) in [6.45, 7) is 3.06. The van der Waals surface area contributed by atoms with Gasteiger partial charge in [-0.05, 0) is 18.6 Å². The van der Waals surface area contributed by atoms with Gasteiger partial charge in [-0.3, -0.25) is 14.7 Å². The lowest BCUT2D eigenvalue weighted by Crippen LogP contribution is -2.35. The molecule has 0 amide bonds. The Kier molecular flexibility index (Phi) is 5.59. The van der Waals surface area contributed by atoms with E-state index >= 15 is 0 Å². The summed E-state index contributed by atoms with van der Waals surface area (Å²) < 4.78 is 4.99. The summed E-state index contributed by atoms with van der Waals surface area (Å²) in [4.78, 5) is 16.7. The van der Waals surface area contributed by atoms with E-state index in [1.165, 1.54) is 0 Å². The molecule has 1 atom stereocenters. The number of aliphatic carboxylic acids is 1. The first kappa shape index (κ1) is 13.6. The molecule has 1 heterocycles. The van der Waals surface area contributed by atoms with E-state index in [-0.39, 0.29) is 12.6 Å². The van der Waals surface area contributed by atoms with Crippen LogP contribution in [0, 0.1) is 0 Å². The molecule has 0 aromatic carbocycles. The molecule has 0 aliphatic carbocycles. The Bertz CT molecular complexity index is 343. The summed E-state index contributed by atoms with van der Waals surface area (Å²) in [7, 11) is 1.60. The maximum absolute atomic E-state index is 10.8. The molecule has 0 aliphatic heterocycles. The zero-order valence-electron chi connectivity index (χ0n) is 10.2. The van der Waals surface area contributed by atoms with Gasteiger partial charge in [0.15, 0.2) is 0 Å². The van der Waals surface area contributed by atoms with Crippen molar-refractivity contribution in [1.82, 2.24) is 9.88 Å². The highest BCUT2D eigenvalue weighted by Gasteiger charge is 2.18. The van der Waals surface area contributed by atoms with E-state index in [9.17, 15) is 4.79 Å². The van der Waals surface area contributed by atoms with Crippen LogP contribution in [0.15, 0.2) is 24.5 Å². The first-order chi connectivity index (χ1) is 8.15. The Hall–Kier alpha value is -1.46. The third-order valence-corrected chi connectivity index (χ3v) is 2.64. The summed E-state index contributed by atoms with van der Waals surface area (Å²) >= 11 is 0. The van der Waals surface area contributed by atoms with Gasteiger partial charge in [0.25, 0.3) is 0 Å². The van der Waals surface area contributed by atoms with Crippen molar-refractivity contribution in [2.45, 2.75) is 13.0 Å². The highest BCUT2D eigenvalue weighted by Crippen LogP contribution is 2.18. The summed E-state index contributed by atoms with van der Waals surface area (Å²) in [6, 6.07) is 3.80. The molecule has 5 heteroatoms. The van der Waals surface area contributed by atoms with Gasteiger partial charge in [0.05, 0.1) is 13.2 Å². The molecule has 1 N–H and O–H groups in total. The van der Waals surface area contributed by atoms with Crippen LogP contribution >= 0.6 is 0 Å². The van der Waals surface area contributed by atoms with Crippen LogP contribution in [-0.4, -0.2) is 47.8 Å². The molecule has 0 saturated carbocycles. The van der Waals surface area contributed by atoms with Gasteiger partial charge in [-0.2, -0.15) is 0 Å². The lowest BCUT2D eigenvalue weighted by atomic mass is 10.1. The average Bonchev–Trinajstić information content (AvgIpc) is 2.34. The highest BCUT2D eigenvalue weighted by molar-refractivity contribution is 5.69. The van der Waals surface area contributed by atoms with Gasteiger partial charge in [-0.15, -0.1) is 0 Å². The Labute approximate surface area is 101 Å². The van der Waals surface area contributed by atoms with Gasteiger partial charge in [0, 0.05) is 32.1 Å². The monoisotopic (exact) mass is 238 g/mol. The molecule has 1 aromatic heterocycles. The van der Waals surface area contributed by atoms with Crippen molar-refractivity contribution in [1.29, 1.82) is 0 Å². The minimum absolute atomic E-state index is 0.000574. The minimum atomic E-state index is -0.836. The quantitative estimate of drug-likeness (QED) is 0.772. The first-order valence-electron chi connectivity index (χ1n) is 5.50. The Balaban J connectivity index is 2.71. The van der Waals surface area contributed by atoms with Crippen LogP contribution < -0.4 is 0 Å². The predicted octanol–water partition coefficient (Wildman–Crippen LogP) is 1.18. The highest BCUT2D eigenvalue weighted by atomic mass is 16.5. The van der Waals surface area contributed by atoms with Crippen LogP contribution in [-0.2, 0) is 9.53 Å². The van der Waals surface area contributed by atoms with Crippen molar-refractivity contribution in [2.75, 3.05) is 26.8 Å². The molecular formula is C12H18N2O3. The van der Waals surface area contributed by atoms with E-state index in [0.29, 0.717) is 13.2 Å². The molecule has 5 nitrogen and oxygen atoms in total. The van der Waals surface area contributed by atoms with Gasteiger partial charge in [-0.25, -0.2) is 0 Å². The summed E-state index contributed by atoms with van der Waals surface area (Å²) in [6.07, 6.45) is 3.46. The van der Waals surface area contributed by atoms with Crippen molar-refractivity contribution < 1.29 is 14.6 Å². The molecule has 0 spiro atoms. The van der Waals surface area contributed by atoms with E-state index in [1.54, 1.807) is 19.5 Å². The van der Waals surface area contributed by atoms with E-state index in [2.05, 4.69) is 4.98 Å². The molecule has 0 aliphatic rings. The maximum Gasteiger partial charge on any atom is 0.317 e. The number of nitrogens with zero attached hydrogens (tertiary/aromatic N) is 2. The summed E-state index contributed by atoms with van der Waals surface area (Å²) in [5, 5.41) is 8.88. The molecule has 0 radical (unpaired) electrons. The van der Waals surface area contributed by atoms with E-state index in [4.69, 9.17) is 9.84 Å². The number of carboxylic acids is 1. The van der Waals surface area contributed by atoms with Crippen LogP contribution in [0.2, 0.25) is 0 Å². The number of hydrogen-bond donors (Lipinski definition) is 1.